The van der Waals surface area contributed by atoms with E-state index < -0.39 is 0 Å². The molecule has 0 aromatic carbocycles. The van der Waals surface area contributed by atoms with Crippen molar-refractivity contribution in [3.05, 3.63) is 35.7 Å². The number of pyridine rings is 1. The fraction of sp³-hybridized carbons (Fsp3) is 0.556. The molecule has 1 fully saturated rings. The van der Waals surface area contributed by atoms with Gasteiger partial charge in [0.05, 0.1) is 18.4 Å². The summed E-state index contributed by atoms with van der Waals surface area (Å²) in [7, 11) is 2.07. The quantitative estimate of drug-likeness (QED) is 0.904. The van der Waals surface area contributed by atoms with Gasteiger partial charge in [-0.2, -0.15) is 4.98 Å². The number of carbonyl (C=O) groups is 1. The highest BCUT2D eigenvalue weighted by Crippen LogP contribution is 2.18. The lowest BCUT2D eigenvalue weighted by Crippen LogP contribution is -2.37. The van der Waals surface area contributed by atoms with E-state index in [0.717, 1.165) is 43.6 Å². The van der Waals surface area contributed by atoms with Crippen molar-refractivity contribution in [2.75, 3.05) is 25.5 Å². The van der Waals surface area contributed by atoms with Crippen LogP contribution in [0.3, 0.4) is 0 Å². The zero-order valence-corrected chi connectivity index (χ0v) is 15.6. The lowest BCUT2D eigenvalue weighted by molar-refractivity contribution is 0.197. The van der Waals surface area contributed by atoms with Gasteiger partial charge in [0.2, 0.25) is 5.89 Å². The normalized spacial score (nSPS) is 18.0. The van der Waals surface area contributed by atoms with Gasteiger partial charge < -0.3 is 14.7 Å². The molecule has 2 amide bonds. The molecule has 1 N–H and O–H groups in total. The molecule has 0 saturated carbocycles. The van der Waals surface area contributed by atoms with Crippen LogP contribution in [0.1, 0.15) is 36.5 Å². The molecular weight excluding hydrogens is 332 g/mol. The molecule has 26 heavy (non-hydrogen) atoms. The van der Waals surface area contributed by atoms with Crippen molar-refractivity contribution < 1.29 is 9.32 Å². The van der Waals surface area contributed by atoms with Crippen LogP contribution in [-0.4, -0.2) is 57.1 Å². The standard InChI is InChI=1S/C18H26N6O2/c1-13-9-15(11-19-10-13)21-18(25)24-7-4-5-16(6-8-24)23(3)12-17-20-14(2)26-22-17/h9-11,16H,4-8,12H2,1-3H3,(H,21,25)/t16-/m1/s1. The van der Waals surface area contributed by atoms with Crippen molar-refractivity contribution in [3.8, 4) is 0 Å². The molecule has 0 radical (unpaired) electrons. The third-order valence-electron chi connectivity index (χ3n) is 4.69. The van der Waals surface area contributed by atoms with Crippen LogP contribution in [0.25, 0.3) is 0 Å². The van der Waals surface area contributed by atoms with Gasteiger partial charge in [-0.1, -0.05) is 5.16 Å². The van der Waals surface area contributed by atoms with Crippen LogP contribution >= 0.6 is 0 Å². The van der Waals surface area contributed by atoms with Gasteiger partial charge >= 0.3 is 6.03 Å². The maximum Gasteiger partial charge on any atom is 0.321 e. The van der Waals surface area contributed by atoms with E-state index in [1.807, 2.05) is 17.9 Å². The summed E-state index contributed by atoms with van der Waals surface area (Å²) in [5.74, 6) is 1.29. The maximum atomic E-state index is 12.5. The third-order valence-corrected chi connectivity index (χ3v) is 4.69. The molecule has 140 valence electrons. The number of amides is 2. The van der Waals surface area contributed by atoms with Gasteiger partial charge in [0.25, 0.3) is 0 Å². The average molecular weight is 358 g/mol. The number of hydrogen-bond acceptors (Lipinski definition) is 6. The van der Waals surface area contributed by atoms with Crippen molar-refractivity contribution in [1.29, 1.82) is 0 Å². The number of nitrogens with zero attached hydrogens (tertiary/aromatic N) is 5. The minimum atomic E-state index is -0.0607. The predicted molar refractivity (Wildman–Crippen MR) is 97.7 cm³/mol. The van der Waals surface area contributed by atoms with E-state index in [1.165, 1.54) is 0 Å². The Morgan fingerprint density at radius 3 is 2.92 bits per heavy atom. The van der Waals surface area contributed by atoms with Crippen molar-refractivity contribution in [1.82, 2.24) is 24.9 Å². The third kappa shape index (κ3) is 4.78. The maximum absolute atomic E-state index is 12.5. The summed E-state index contributed by atoms with van der Waals surface area (Å²) in [6.45, 7) is 5.90. The second-order valence-electron chi connectivity index (χ2n) is 6.90. The summed E-state index contributed by atoms with van der Waals surface area (Å²) >= 11 is 0. The summed E-state index contributed by atoms with van der Waals surface area (Å²) in [4.78, 5) is 25.1. The summed E-state index contributed by atoms with van der Waals surface area (Å²) in [5, 5.41) is 6.91. The first-order valence-electron chi connectivity index (χ1n) is 8.98. The summed E-state index contributed by atoms with van der Waals surface area (Å²) in [5.41, 5.74) is 1.76. The van der Waals surface area contributed by atoms with Crippen LogP contribution < -0.4 is 5.32 Å². The van der Waals surface area contributed by atoms with Gasteiger partial charge in [0.1, 0.15) is 0 Å². The van der Waals surface area contributed by atoms with Gasteiger partial charge in [0.15, 0.2) is 5.82 Å². The van der Waals surface area contributed by atoms with E-state index in [-0.39, 0.29) is 6.03 Å². The largest absolute Gasteiger partial charge is 0.340 e. The van der Waals surface area contributed by atoms with Crippen LogP contribution in [0.15, 0.2) is 23.0 Å². The Bertz CT molecular complexity index is 747. The molecule has 0 aliphatic carbocycles. The molecular formula is C18H26N6O2. The Hall–Kier alpha value is -2.48. The van der Waals surface area contributed by atoms with Crippen LogP contribution in [-0.2, 0) is 6.54 Å². The predicted octanol–water partition coefficient (Wildman–Crippen LogP) is 2.60. The molecule has 8 heteroatoms. The number of hydrogen-bond donors (Lipinski definition) is 1. The fourth-order valence-electron chi connectivity index (χ4n) is 3.31. The molecule has 0 bridgehead atoms. The Morgan fingerprint density at radius 2 is 2.19 bits per heavy atom. The number of rotatable bonds is 4. The van der Waals surface area contributed by atoms with Gasteiger partial charge in [0, 0.05) is 32.3 Å². The average Bonchev–Trinajstić information content (AvgIpc) is 2.85. The van der Waals surface area contributed by atoms with E-state index in [0.29, 0.717) is 24.3 Å². The number of likely N-dealkylation sites (tertiary alicyclic amines) is 1. The highest BCUT2D eigenvalue weighted by Gasteiger charge is 2.24. The molecule has 1 aliphatic rings. The molecule has 1 atom stereocenters. The van der Waals surface area contributed by atoms with Crippen molar-refractivity contribution in [2.24, 2.45) is 0 Å². The van der Waals surface area contributed by atoms with Gasteiger partial charge in [-0.05, 0) is 44.9 Å². The minimum Gasteiger partial charge on any atom is -0.340 e. The molecule has 8 nitrogen and oxygen atoms in total. The van der Waals surface area contributed by atoms with E-state index in [9.17, 15) is 4.79 Å². The van der Waals surface area contributed by atoms with Crippen LogP contribution in [0.2, 0.25) is 0 Å². The highest BCUT2D eigenvalue weighted by molar-refractivity contribution is 5.89. The number of aromatic nitrogens is 3. The SMILES string of the molecule is Cc1cncc(NC(=O)N2CCC[C@@H](N(C)Cc3noc(C)n3)CC2)c1. The van der Waals surface area contributed by atoms with Gasteiger partial charge in [-0.3, -0.25) is 9.88 Å². The zero-order valence-electron chi connectivity index (χ0n) is 15.6. The first-order valence-corrected chi connectivity index (χ1v) is 8.98. The van der Waals surface area contributed by atoms with Gasteiger partial charge in [-0.25, -0.2) is 4.79 Å². The summed E-state index contributed by atoms with van der Waals surface area (Å²) in [6.07, 6.45) is 6.38. The van der Waals surface area contributed by atoms with Crippen molar-refractivity contribution >= 4 is 11.7 Å². The summed E-state index contributed by atoms with van der Waals surface area (Å²) < 4.78 is 5.04. The van der Waals surface area contributed by atoms with Crippen LogP contribution in [0.5, 0.6) is 0 Å². The molecule has 2 aromatic rings. The lowest BCUT2D eigenvalue weighted by atomic mass is 10.1. The topological polar surface area (TPSA) is 87.4 Å². The Labute approximate surface area is 153 Å². The van der Waals surface area contributed by atoms with E-state index >= 15 is 0 Å². The highest BCUT2D eigenvalue weighted by atomic mass is 16.5. The zero-order chi connectivity index (χ0) is 18.5. The Morgan fingerprint density at radius 1 is 1.35 bits per heavy atom. The number of nitrogens with one attached hydrogen (secondary N) is 1. The molecule has 3 heterocycles. The molecule has 1 saturated heterocycles. The van der Waals surface area contributed by atoms with Crippen LogP contribution in [0.4, 0.5) is 10.5 Å². The van der Waals surface area contributed by atoms with Crippen molar-refractivity contribution in [2.45, 2.75) is 45.7 Å². The second kappa shape index (κ2) is 8.27. The Balaban J connectivity index is 1.53. The van der Waals surface area contributed by atoms with E-state index in [2.05, 4.69) is 32.4 Å². The monoisotopic (exact) mass is 358 g/mol. The number of urea groups is 1. The molecule has 0 spiro atoms. The summed E-state index contributed by atoms with van der Waals surface area (Å²) in [6, 6.07) is 2.26. The second-order valence-corrected chi connectivity index (χ2v) is 6.90. The van der Waals surface area contributed by atoms with Crippen molar-refractivity contribution in [3.63, 3.8) is 0 Å². The molecule has 0 unspecified atom stereocenters. The molecule has 3 rings (SSSR count). The smallest absolute Gasteiger partial charge is 0.321 e. The van der Waals surface area contributed by atoms with E-state index in [1.54, 1.807) is 19.3 Å². The lowest BCUT2D eigenvalue weighted by Gasteiger charge is -2.26. The first kappa shape index (κ1) is 18.3. The first-order chi connectivity index (χ1) is 12.5. The minimum absolute atomic E-state index is 0.0607. The number of aryl methyl sites for hydroxylation is 2. The van der Waals surface area contributed by atoms with E-state index in [4.69, 9.17) is 4.52 Å². The fourth-order valence-corrected chi connectivity index (χ4v) is 3.31. The molecule has 2 aromatic heterocycles. The molecule has 1 aliphatic heterocycles. The Kier molecular flexibility index (Phi) is 5.82. The number of anilines is 1. The van der Waals surface area contributed by atoms with Crippen LogP contribution in [0, 0.1) is 13.8 Å². The number of carbonyl (C=O) groups excluding carboxylic acids is 1. The van der Waals surface area contributed by atoms with Gasteiger partial charge in [-0.15, -0.1) is 0 Å².